The molecule has 0 spiro atoms. The highest BCUT2D eigenvalue weighted by Gasteiger charge is 2.20. The molecule has 2 rings (SSSR count). The molecule has 0 aliphatic carbocycles. The van der Waals surface area contributed by atoms with E-state index in [2.05, 4.69) is 10.3 Å². The van der Waals surface area contributed by atoms with Gasteiger partial charge in [-0.15, -0.1) is 0 Å². The Morgan fingerprint density at radius 3 is 2.68 bits per heavy atom. The average Bonchev–Trinajstić information content (AvgIpc) is 2.41. The van der Waals surface area contributed by atoms with Crippen molar-refractivity contribution in [1.82, 2.24) is 10.3 Å². The summed E-state index contributed by atoms with van der Waals surface area (Å²) in [6.45, 7) is 4.21. The minimum atomic E-state index is -0.507. The lowest BCUT2D eigenvalue weighted by Crippen LogP contribution is -2.24. The second kappa shape index (κ2) is 5.89. The van der Waals surface area contributed by atoms with E-state index in [1.807, 2.05) is 6.92 Å². The van der Waals surface area contributed by atoms with Crippen LogP contribution in [-0.2, 0) is 0 Å². The molecule has 0 radical (unpaired) electrons. The van der Waals surface area contributed by atoms with Gasteiger partial charge in [-0.3, -0.25) is 4.98 Å². The number of hydrogen-bond donors (Lipinski definition) is 1. The molecule has 0 aliphatic rings. The van der Waals surface area contributed by atoms with Gasteiger partial charge >= 0.3 is 0 Å². The standard InChI is InChI=1S/C15H16F2N2/c1-3-19-15(11-7-8-18-9-13(11)16)12-6-4-5-10(2)14(12)17/h4-9,15,19H,3H2,1-2H3. The van der Waals surface area contributed by atoms with Crippen LogP contribution in [0.25, 0.3) is 0 Å². The normalized spacial score (nSPS) is 12.4. The predicted octanol–water partition coefficient (Wildman–Crippen LogP) is 3.37. The van der Waals surface area contributed by atoms with Crippen molar-refractivity contribution < 1.29 is 8.78 Å². The van der Waals surface area contributed by atoms with E-state index in [0.29, 0.717) is 23.2 Å². The zero-order chi connectivity index (χ0) is 13.8. The minimum absolute atomic E-state index is 0.301. The number of aromatic nitrogens is 1. The van der Waals surface area contributed by atoms with Crippen molar-refractivity contribution in [2.45, 2.75) is 19.9 Å². The lowest BCUT2D eigenvalue weighted by atomic mass is 9.97. The summed E-state index contributed by atoms with van der Waals surface area (Å²) >= 11 is 0. The fourth-order valence-electron chi connectivity index (χ4n) is 2.10. The third-order valence-electron chi connectivity index (χ3n) is 3.06. The number of nitrogens with one attached hydrogen (secondary N) is 1. The summed E-state index contributed by atoms with van der Waals surface area (Å²) in [5.41, 5.74) is 1.41. The van der Waals surface area contributed by atoms with Gasteiger partial charge in [-0.2, -0.15) is 0 Å². The molecule has 19 heavy (non-hydrogen) atoms. The van der Waals surface area contributed by atoms with E-state index in [4.69, 9.17) is 0 Å². The molecule has 2 nitrogen and oxygen atoms in total. The van der Waals surface area contributed by atoms with Crippen LogP contribution in [0.3, 0.4) is 0 Å². The molecule has 0 amide bonds. The maximum atomic E-state index is 14.2. The van der Waals surface area contributed by atoms with E-state index in [-0.39, 0.29) is 5.82 Å². The van der Waals surface area contributed by atoms with Crippen molar-refractivity contribution in [2.75, 3.05) is 6.54 Å². The second-order valence-corrected chi connectivity index (χ2v) is 4.37. The van der Waals surface area contributed by atoms with Crippen molar-refractivity contribution in [3.05, 3.63) is 65.0 Å². The summed E-state index contributed by atoms with van der Waals surface area (Å²) in [6, 6.07) is 6.22. The molecule has 1 aromatic carbocycles. The first-order chi connectivity index (χ1) is 9.15. The van der Waals surface area contributed by atoms with Gasteiger partial charge < -0.3 is 5.32 Å². The molecular weight excluding hydrogens is 246 g/mol. The highest BCUT2D eigenvalue weighted by atomic mass is 19.1. The smallest absolute Gasteiger partial charge is 0.146 e. The Morgan fingerprint density at radius 2 is 2.00 bits per heavy atom. The first-order valence-corrected chi connectivity index (χ1v) is 6.23. The summed E-state index contributed by atoms with van der Waals surface area (Å²) in [4.78, 5) is 3.72. The van der Waals surface area contributed by atoms with Crippen LogP contribution in [-0.4, -0.2) is 11.5 Å². The SMILES string of the molecule is CCNC(c1ccncc1F)c1cccc(C)c1F. The molecule has 0 bridgehead atoms. The van der Waals surface area contributed by atoms with Gasteiger partial charge in [0, 0.05) is 17.3 Å². The van der Waals surface area contributed by atoms with Crippen molar-refractivity contribution in [3.63, 3.8) is 0 Å². The molecule has 1 aromatic heterocycles. The number of nitrogens with zero attached hydrogens (tertiary/aromatic N) is 1. The minimum Gasteiger partial charge on any atom is -0.306 e. The Labute approximate surface area is 111 Å². The van der Waals surface area contributed by atoms with E-state index in [9.17, 15) is 8.78 Å². The van der Waals surface area contributed by atoms with Crippen LogP contribution in [0.1, 0.15) is 29.7 Å². The largest absolute Gasteiger partial charge is 0.306 e. The molecule has 1 N–H and O–H groups in total. The van der Waals surface area contributed by atoms with Crippen LogP contribution in [0.15, 0.2) is 36.7 Å². The summed E-state index contributed by atoms with van der Waals surface area (Å²) in [7, 11) is 0. The monoisotopic (exact) mass is 262 g/mol. The van der Waals surface area contributed by atoms with E-state index in [0.717, 1.165) is 6.20 Å². The van der Waals surface area contributed by atoms with Crippen molar-refractivity contribution in [2.24, 2.45) is 0 Å². The molecule has 0 saturated heterocycles. The van der Waals surface area contributed by atoms with Crippen LogP contribution < -0.4 is 5.32 Å². The molecule has 0 saturated carbocycles. The highest BCUT2D eigenvalue weighted by molar-refractivity contribution is 5.35. The number of benzene rings is 1. The summed E-state index contributed by atoms with van der Waals surface area (Å²) in [5.74, 6) is -0.737. The second-order valence-electron chi connectivity index (χ2n) is 4.37. The highest BCUT2D eigenvalue weighted by Crippen LogP contribution is 2.27. The quantitative estimate of drug-likeness (QED) is 0.913. The van der Waals surface area contributed by atoms with Gasteiger partial charge in [0.2, 0.25) is 0 Å². The molecule has 2 aromatic rings. The molecule has 1 atom stereocenters. The fraction of sp³-hybridized carbons (Fsp3) is 0.267. The molecule has 100 valence electrons. The zero-order valence-electron chi connectivity index (χ0n) is 11.0. The van der Waals surface area contributed by atoms with E-state index in [1.165, 1.54) is 6.20 Å². The number of aryl methyl sites for hydroxylation is 1. The number of rotatable bonds is 4. The first kappa shape index (κ1) is 13.6. The first-order valence-electron chi connectivity index (χ1n) is 6.23. The van der Waals surface area contributed by atoms with Crippen LogP contribution in [0.2, 0.25) is 0 Å². The maximum Gasteiger partial charge on any atom is 0.146 e. The molecular formula is C15H16F2N2. The lowest BCUT2D eigenvalue weighted by Gasteiger charge is -2.20. The van der Waals surface area contributed by atoms with E-state index < -0.39 is 11.9 Å². The van der Waals surface area contributed by atoms with Gasteiger partial charge in [0.15, 0.2) is 0 Å². The molecule has 1 unspecified atom stereocenters. The predicted molar refractivity (Wildman–Crippen MR) is 70.9 cm³/mol. The maximum absolute atomic E-state index is 14.2. The Bertz CT molecular complexity index is 570. The summed E-state index contributed by atoms with van der Waals surface area (Å²) in [5, 5.41) is 3.12. The Morgan fingerprint density at radius 1 is 1.21 bits per heavy atom. The van der Waals surface area contributed by atoms with Gasteiger partial charge in [0.05, 0.1) is 12.2 Å². The third kappa shape index (κ3) is 2.79. The number of hydrogen-bond acceptors (Lipinski definition) is 2. The number of halogens is 2. The van der Waals surface area contributed by atoms with Crippen molar-refractivity contribution >= 4 is 0 Å². The van der Waals surface area contributed by atoms with Crippen molar-refractivity contribution in [3.8, 4) is 0 Å². The average molecular weight is 262 g/mol. The molecule has 4 heteroatoms. The van der Waals surface area contributed by atoms with E-state index >= 15 is 0 Å². The number of pyridine rings is 1. The summed E-state index contributed by atoms with van der Waals surface area (Å²) in [6.07, 6.45) is 2.66. The third-order valence-corrected chi connectivity index (χ3v) is 3.06. The Balaban J connectivity index is 2.52. The summed E-state index contributed by atoms with van der Waals surface area (Å²) < 4.78 is 28.1. The Hall–Kier alpha value is -1.81. The van der Waals surface area contributed by atoms with Crippen LogP contribution in [0.5, 0.6) is 0 Å². The van der Waals surface area contributed by atoms with Crippen molar-refractivity contribution in [1.29, 1.82) is 0 Å². The van der Waals surface area contributed by atoms with Crippen LogP contribution in [0, 0.1) is 18.6 Å². The van der Waals surface area contributed by atoms with E-state index in [1.54, 1.807) is 31.2 Å². The molecule has 0 aliphatic heterocycles. The molecule has 0 fully saturated rings. The van der Waals surface area contributed by atoms with Crippen LogP contribution in [0.4, 0.5) is 8.78 Å². The van der Waals surface area contributed by atoms with Gasteiger partial charge in [-0.1, -0.05) is 25.1 Å². The topological polar surface area (TPSA) is 24.9 Å². The lowest BCUT2D eigenvalue weighted by molar-refractivity contribution is 0.525. The zero-order valence-corrected chi connectivity index (χ0v) is 11.0. The fourth-order valence-corrected chi connectivity index (χ4v) is 2.10. The van der Waals surface area contributed by atoms with Crippen LogP contribution >= 0.6 is 0 Å². The van der Waals surface area contributed by atoms with Gasteiger partial charge in [0.25, 0.3) is 0 Å². The van der Waals surface area contributed by atoms with Gasteiger partial charge in [-0.25, -0.2) is 8.78 Å². The van der Waals surface area contributed by atoms with Gasteiger partial charge in [-0.05, 0) is 25.1 Å². The Kier molecular flexibility index (Phi) is 4.22. The van der Waals surface area contributed by atoms with Gasteiger partial charge in [0.1, 0.15) is 11.6 Å². The molecule has 1 heterocycles.